The van der Waals surface area contributed by atoms with Crippen LogP contribution in [0.4, 0.5) is 4.79 Å². The van der Waals surface area contributed by atoms with Gasteiger partial charge in [0.05, 0.1) is 6.61 Å². The van der Waals surface area contributed by atoms with Crippen molar-refractivity contribution < 1.29 is 9.53 Å². The van der Waals surface area contributed by atoms with Gasteiger partial charge in [-0.3, -0.25) is 0 Å². The van der Waals surface area contributed by atoms with Gasteiger partial charge in [0.2, 0.25) is 0 Å². The Labute approximate surface area is 167 Å². The SMILES string of the molecule is CSc1ccc(OCCCC2CCN(C(=O)/N=C(\N)C(C)(C)C)CC2)cc1. The normalized spacial score (nSPS) is 16.4. The van der Waals surface area contributed by atoms with Crippen LogP contribution < -0.4 is 10.5 Å². The molecule has 2 N–H and O–H groups in total. The summed E-state index contributed by atoms with van der Waals surface area (Å²) in [5.41, 5.74) is 5.64. The van der Waals surface area contributed by atoms with E-state index in [1.807, 2.05) is 37.8 Å². The van der Waals surface area contributed by atoms with Crippen molar-refractivity contribution in [3.05, 3.63) is 24.3 Å². The van der Waals surface area contributed by atoms with Crippen LogP contribution in [0.1, 0.15) is 46.5 Å². The first-order valence-corrected chi connectivity index (χ1v) is 10.9. The molecule has 1 aliphatic heterocycles. The summed E-state index contributed by atoms with van der Waals surface area (Å²) in [5, 5.41) is 0. The van der Waals surface area contributed by atoms with Gasteiger partial charge in [-0.05, 0) is 62.1 Å². The topological polar surface area (TPSA) is 67.9 Å². The Hall–Kier alpha value is -1.69. The molecule has 1 heterocycles. The first-order valence-electron chi connectivity index (χ1n) is 9.70. The van der Waals surface area contributed by atoms with Crippen molar-refractivity contribution in [2.45, 2.75) is 51.3 Å². The van der Waals surface area contributed by atoms with Crippen molar-refractivity contribution in [2.24, 2.45) is 22.1 Å². The quantitative estimate of drug-likeness (QED) is 0.327. The summed E-state index contributed by atoms with van der Waals surface area (Å²) in [6.45, 7) is 8.16. The van der Waals surface area contributed by atoms with Crippen LogP contribution in [0.3, 0.4) is 0 Å². The summed E-state index contributed by atoms with van der Waals surface area (Å²) in [4.78, 5) is 19.4. The molecule has 1 aromatic carbocycles. The molecule has 0 spiro atoms. The average Bonchev–Trinajstić information content (AvgIpc) is 2.65. The Morgan fingerprint density at radius 3 is 2.44 bits per heavy atom. The second-order valence-electron chi connectivity index (χ2n) is 8.13. The summed E-state index contributed by atoms with van der Waals surface area (Å²) in [7, 11) is 0. The molecule has 1 fully saturated rings. The van der Waals surface area contributed by atoms with Gasteiger partial charge in [-0.25, -0.2) is 4.79 Å². The maximum Gasteiger partial charge on any atom is 0.345 e. The third kappa shape index (κ3) is 7.09. The Bertz CT molecular complexity index is 630. The number of likely N-dealkylation sites (tertiary alicyclic amines) is 1. The number of benzene rings is 1. The van der Waals surface area contributed by atoms with Crippen LogP contribution in [-0.2, 0) is 0 Å². The molecule has 1 aromatic rings. The number of nitrogens with two attached hydrogens (primary N) is 1. The lowest BCUT2D eigenvalue weighted by molar-refractivity contribution is 0.172. The summed E-state index contributed by atoms with van der Waals surface area (Å²) >= 11 is 1.73. The Kier molecular flexibility index (Phi) is 8.02. The van der Waals surface area contributed by atoms with Crippen LogP contribution in [0.2, 0.25) is 0 Å². The van der Waals surface area contributed by atoms with Crippen LogP contribution in [0.15, 0.2) is 34.2 Å². The number of carbonyl (C=O) groups excluding carboxylic acids is 1. The number of carbonyl (C=O) groups is 1. The predicted octanol–water partition coefficient (Wildman–Crippen LogP) is 4.80. The van der Waals surface area contributed by atoms with E-state index in [0.717, 1.165) is 51.1 Å². The number of hydrogen-bond acceptors (Lipinski definition) is 3. The minimum atomic E-state index is -0.274. The predicted molar refractivity (Wildman–Crippen MR) is 114 cm³/mol. The van der Waals surface area contributed by atoms with Gasteiger partial charge >= 0.3 is 6.03 Å². The van der Waals surface area contributed by atoms with E-state index in [2.05, 4.69) is 23.4 Å². The molecule has 27 heavy (non-hydrogen) atoms. The van der Waals surface area contributed by atoms with E-state index in [9.17, 15) is 4.79 Å². The summed E-state index contributed by atoms with van der Waals surface area (Å²) < 4.78 is 5.83. The molecule has 6 heteroatoms. The van der Waals surface area contributed by atoms with Crippen molar-refractivity contribution in [3.63, 3.8) is 0 Å². The fourth-order valence-electron chi connectivity index (χ4n) is 2.99. The number of amides is 2. The highest BCUT2D eigenvalue weighted by molar-refractivity contribution is 7.98. The third-order valence-corrected chi connectivity index (χ3v) is 5.70. The Morgan fingerprint density at radius 2 is 1.89 bits per heavy atom. The first-order chi connectivity index (χ1) is 12.8. The number of urea groups is 1. The van der Waals surface area contributed by atoms with Crippen LogP contribution in [0.5, 0.6) is 5.75 Å². The molecule has 0 aromatic heterocycles. The van der Waals surface area contributed by atoms with Crippen molar-refractivity contribution in [2.75, 3.05) is 26.0 Å². The fourth-order valence-corrected chi connectivity index (χ4v) is 3.40. The molecule has 1 saturated heterocycles. The zero-order valence-electron chi connectivity index (χ0n) is 17.0. The molecule has 0 bridgehead atoms. The minimum Gasteiger partial charge on any atom is -0.494 e. The van der Waals surface area contributed by atoms with Gasteiger partial charge in [0, 0.05) is 23.4 Å². The van der Waals surface area contributed by atoms with Crippen molar-refractivity contribution in [1.82, 2.24) is 4.90 Å². The monoisotopic (exact) mass is 391 g/mol. The molecule has 0 aliphatic carbocycles. The van der Waals surface area contributed by atoms with Gasteiger partial charge in [-0.2, -0.15) is 4.99 Å². The number of nitrogens with zero attached hydrogens (tertiary/aromatic N) is 2. The van der Waals surface area contributed by atoms with Crippen molar-refractivity contribution >= 4 is 23.6 Å². The molecule has 0 atom stereocenters. The highest BCUT2D eigenvalue weighted by Gasteiger charge is 2.24. The van der Waals surface area contributed by atoms with Gasteiger partial charge in [-0.1, -0.05) is 20.8 Å². The van der Waals surface area contributed by atoms with Gasteiger partial charge < -0.3 is 15.4 Å². The first kappa shape index (κ1) is 21.6. The number of aliphatic imine (C=N–C) groups is 1. The smallest absolute Gasteiger partial charge is 0.345 e. The largest absolute Gasteiger partial charge is 0.494 e. The van der Waals surface area contributed by atoms with Gasteiger partial charge in [0.15, 0.2) is 0 Å². The van der Waals surface area contributed by atoms with Crippen molar-refractivity contribution in [3.8, 4) is 5.75 Å². The van der Waals surface area contributed by atoms with Crippen molar-refractivity contribution in [1.29, 1.82) is 0 Å². The molecule has 2 rings (SSSR count). The maximum atomic E-state index is 12.3. The lowest BCUT2D eigenvalue weighted by Gasteiger charge is -2.31. The van der Waals surface area contributed by atoms with E-state index in [1.165, 1.54) is 4.90 Å². The fraction of sp³-hybridized carbons (Fsp3) is 0.619. The number of piperidine rings is 1. The Balaban J connectivity index is 1.66. The van der Waals surface area contributed by atoms with E-state index in [4.69, 9.17) is 10.5 Å². The van der Waals surface area contributed by atoms with Crippen LogP contribution in [0.25, 0.3) is 0 Å². The van der Waals surface area contributed by atoms with Gasteiger partial charge in [0.1, 0.15) is 11.6 Å². The number of hydrogen-bond donors (Lipinski definition) is 1. The molecule has 1 aliphatic rings. The summed E-state index contributed by atoms with van der Waals surface area (Å²) in [6, 6.07) is 8.03. The van der Waals surface area contributed by atoms with E-state index in [-0.39, 0.29) is 11.4 Å². The van der Waals surface area contributed by atoms with Gasteiger partial charge in [0.25, 0.3) is 0 Å². The molecule has 5 nitrogen and oxygen atoms in total. The Morgan fingerprint density at radius 1 is 1.26 bits per heavy atom. The van der Waals surface area contributed by atoms with Crippen LogP contribution in [-0.4, -0.2) is 42.7 Å². The van der Waals surface area contributed by atoms with E-state index >= 15 is 0 Å². The number of thioether (sulfide) groups is 1. The van der Waals surface area contributed by atoms with Crippen LogP contribution >= 0.6 is 11.8 Å². The van der Waals surface area contributed by atoms with E-state index < -0.39 is 0 Å². The summed E-state index contributed by atoms with van der Waals surface area (Å²) in [5.74, 6) is 1.99. The minimum absolute atomic E-state index is 0.196. The average molecular weight is 392 g/mol. The maximum absolute atomic E-state index is 12.3. The lowest BCUT2D eigenvalue weighted by atomic mass is 9.92. The summed E-state index contributed by atoms with van der Waals surface area (Å²) in [6.07, 6.45) is 6.30. The molecular formula is C21H33N3O2S. The molecule has 0 saturated carbocycles. The highest BCUT2D eigenvalue weighted by Crippen LogP contribution is 2.24. The van der Waals surface area contributed by atoms with E-state index in [1.54, 1.807) is 11.8 Å². The van der Waals surface area contributed by atoms with Gasteiger partial charge in [-0.15, -0.1) is 11.8 Å². The highest BCUT2D eigenvalue weighted by atomic mass is 32.2. The molecule has 0 unspecified atom stereocenters. The standard InChI is InChI=1S/C21H33N3O2S/c1-21(2,3)19(22)23-20(25)24-13-11-16(12-14-24)6-5-15-26-17-7-9-18(27-4)10-8-17/h7-10,16H,5-6,11-15H2,1-4H3,(H2,22,23,25). The number of ether oxygens (including phenoxy) is 1. The molecule has 2 amide bonds. The van der Waals surface area contributed by atoms with Crippen LogP contribution in [0, 0.1) is 11.3 Å². The zero-order chi connectivity index (χ0) is 19.9. The molecule has 150 valence electrons. The number of rotatable bonds is 6. The zero-order valence-corrected chi connectivity index (χ0v) is 17.8. The lowest BCUT2D eigenvalue weighted by Crippen LogP contribution is -2.39. The molecule has 0 radical (unpaired) electrons. The second-order valence-corrected chi connectivity index (χ2v) is 9.01. The second kappa shape index (κ2) is 10.0. The van der Waals surface area contributed by atoms with E-state index in [0.29, 0.717) is 11.8 Å². The third-order valence-electron chi connectivity index (χ3n) is 4.95. The molecular weight excluding hydrogens is 358 g/mol. The number of amidine groups is 1.